The van der Waals surface area contributed by atoms with Gasteiger partial charge in [-0.05, 0) is 12.1 Å². The molecule has 0 aromatic heterocycles. The SMILES string of the molecule is C#CCC(NC(=O)CCSc1ccccc1F)C(=O)O. The van der Waals surface area contributed by atoms with E-state index in [2.05, 4.69) is 11.2 Å². The predicted molar refractivity (Wildman–Crippen MR) is 74.8 cm³/mol. The Labute approximate surface area is 120 Å². The molecule has 106 valence electrons. The highest BCUT2D eigenvalue weighted by molar-refractivity contribution is 7.99. The summed E-state index contributed by atoms with van der Waals surface area (Å²) in [6.45, 7) is 0. The van der Waals surface area contributed by atoms with Gasteiger partial charge >= 0.3 is 5.97 Å². The molecule has 0 aliphatic heterocycles. The molecule has 0 saturated carbocycles. The standard InChI is InChI=1S/C14H14FNO3S/c1-2-5-11(14(18)19)16-13(17)8-9-20-12-7-4-3-6-10(12)15/h1,3-4,6-7,11H,5,8-9H2,(H,16,17)(H,18,19). The van der Waals surface area contributed by atoms with Crippen LogP contribution in [0.15, 0.2) is 29.2 Å². The van der Waals surface area contributed by atoms with E-state index in [0.717, 1.165) is 0 Å². The van der Waals surface area contributed by atoms with Gasteiger partial charge in [0.05, 0.1) is 0 Å². The van der Waals surface area contributed by atoms with E-state index in [1.165, 1.54) is 17.8 Å². The van der Waals surface area contributed by atoms with Gasteiger partial charge in [-0.3, -0.25) is 4.79 Å². The highest BCUT2D eigenvalue weighted by atomic mass is 32.2. The molecule has 1 atom stereocenters. The zero-order valence-electron chi connectivity index (χ0n) is 10.6. The first-order chi connectivity index (χ1) is 9.54. The summed E-state index contributed by atoms with van der Waals surface area (Å²) in [7, 11) is 0. The minimum atomic E-state index is -1.17. The van der Waals surface area contributed by atoms with Crippen molar-refractivity contribution in [3.8, 4) is 12.3 Å². The second-order valence-corrected chi connectivity index (χ2v) is 5.03. The molecule has 6 heteroatoms. The van der Waals surface area contributed by atoms with Crippen molar-refractivity contribution in [1.82, 2.24) is 5.32 Å². The number of nitrogens with one attached hydrogen (secondary N) is 1. The third-order valence-corrected chi connectivity index (χ3v) is 3.43. The van der Waals surface area contributed by atoms with E-state index in [-0.39, 0.29) is 18.7 Å². The second kappa shape index (κ2) is 8.23. The molecule has 0 spiro atoms. The van der Waals surface area contributed by atoms with Gasteiger partial charge in [-0.15, -0.1) is 24.1 Å². The molecule has 1 aromatic rings. The van der Waals surface area contributed by atoms with E-state index in [4.69, 9.17) is 11.5 Å². The average Bonchev–Trinajstić information content (AvgIpc) is 2.40. The average molecular weight is 295 g/mol. The molecule has 0 aliphatic carbocycles. The number of halogens is 1. The van der Waals surface area contributed by atoms with Crippen molar-refractivity contribution in [3.05, 3.63) is 30.1 Å². The van der Waals surface area contributed by atoms with Crippen molar-refractivity contribution in [2.75, 3.05) is 5.75 Å². The molecule has 1 rings (SSSR count). The molecule has 0 heterocycles. The van der Waals surface area contributed by atoms with Crippen molar-refractivity contribution >= 4 is 23.6 Å². The molecule has 0 bridgehead atoms. The van der Waals surface area contributed by atoms with Crippen LogP contribution in [-0.2, 0) is 9.59 Å². The molecule has 20 heavy (non-hydrogen) atoms. The van der Waals surface area contributed by atoms with Crippen LogP contribution in [0.5, 0.6) is 0 Å². The van der Waals surface area contributed by atoms with Gasteiger partial charge in [-0.2, -0.15) is 0 Å². The van der Waals surface area contributed by atoms with Crippen LogP contribution >= 0.6 is 11.8 Å². The Bertz CT molecular complexity index is 527. The second-order valence-electron chi connectivity index (χ2n) is 3.90. The van der Waals surface area contributed by atoms with Crippen molar-refractivity contribution < 1.29 is 19.1 Å². The lowest BCUT2D eigenvalue weighted by Crippen LogP contribution is -2.40. The van der Waals surface area contributed by atoms with Gasteiger partial charge in [0, 0.05) is 23.5 Å². The minimum Gasteiger partial charge on any atom is -0.480 e. The van der Waals surface area contributed by atoms with Gasteiger partial charge in [0.15, 0.2) is 0 Å². The van der Waals surface area contributed by atoms with E-state index >= 15 is 0 Å². The minimum absolute atomic E-state index is 0.0679. The number of aliphatic carboxylic acids is 1. The number of rotatable bonds is 7. The number of hydrogen-bond donors (Lipinski definition) is 2. The molecular formula is C14H14FNO3S. The van der Waals surface area contributed by atoms with Crippen molar-refractivity contribution in [2.24, 2.45) is 0 Å². The lowest BCUT2D eigenvalue weighted by Gasteiger charge is -2.11. The summed E-state index contributed by atoms with van der Waals surface area (Å²) in [4.78, 5) is 22.8. The fourth-order valence-corrected chi connectivity index (χ4v) is 2.29. The number of carbonyl (C=O) groups is 2. The first kappa shape index (κ1) is 16.1. The molecule has 0 saturated heterocycles. The Morgan fingerprint density at radius 3 is 2.75 bits per heavy atom. The maximum atomic E-state index is 13.3. The van der Waals surface area contributed by atoms with Crippen molar-refractivity contribution in [2.45, 2.75) is 23.8 Å². The highest BCUT2D eigenvalue weighted by Gasteiger charge is 2.18. The summed E-state index contributed by atoms with van der Waals surface area (Å²) >= 11 is 1.20. The van der Waals surface area contributed by atoms with Crippen LogP contribution in [0.3, 0.4) is 0 Å². The van der Waals surface area contributed by atoms with Crippen LogP contribution in [0.1, 0.15) is 12.8 Å². The van der Waals surface area contributed by atoms with Crippen LogP contribution < -0.4 is 5.32 Å². The van der Waals surface area contributed by atoms with Crippen LogP contribution in [0, 0.1) is 18.2 Å². The zero-order chi connectivity index (χ0) is 15.0. The molecular weight excluding hydrogens is 281 g/mol. The number of amides is 1. The van der Waals surface area contributed by atoms with Gasteiger partial charge in [-0.1, -0.05) is 12.1 Å². The van der Waals surface area contributed by atoms with E-state index < -0.39 is 17.9 Å². The molecule has 1 aromatic carbocycles. The van der Waals surface area contributed by atoms with Crippen LogP contribution in [-0.4, -0.2) is 28.8 Å². The summed E-state index contributed by atoms with van der Waals surface area (Å²) in [6.07, 6.45) is 5.05. The van der Waals surface area contributed by atoms with E-state index in [0.29, 0.717) is 10.6 Å². The van der Waals surface area contributed by atoms with E-state index in [1.54, 1.807) is 18.2 Å². The number of carbonyl (C=O) groups excluding carboxylic acids is 1. The third-order valence-electron chi connectivity index (χ3n) is 2.38. The van der Waals surface area contributed by atoms with E-state index in [9.17, 15) is 14.0 Å². The van der Waals surface area contributed by atoms with E-state index in [1.807, 2.05) is 0 Å². The summed E-state index contributed by atoms with van der Waals surface area (Å²) < 4.78 is 13.3. The van der Waals surface area contributed by atoms with Crippen molar-refractivity contribution in [1.29, 1.82) is 0 Å². The third kappa shape index (κ3) is 5.33. The molecule has 0 radical (unpaired) electrons. The molecule has 4 nitrogen and oxygen atoms in total. The molecule has 0 fully saturated rings. The Kier molecular flexibility index (Phi) is 6.60. The van der Waals surface area contributed by atoms with Gasteiger partial charge in [-0.25, -0.2) is 9.18 Å². The molecule has 1 unspecified atom stereocenters. The fourth-order valence-electron chi connectivity index (χ4n) is 1.40. The summed E-state index contributed by atoms with van der Waals surface area (Å²) in [6, 6.07) is 5.18. The topological polar surface area (TPSA) is 66.4 Å². The quantitative estimate of drug-likeness (QED) is 0.595. The van der Waals surface area contributed by atoms with Gasteiger partial charge in [0.1, 0.15) is 11.9 Å². The lowest BCUT2D eigenvalue weighted by molar-refractivity contribution is -0.141. The predicted octanol–water partition coefficient (Wildman–Crippen LogP) is 1.90. The normalized spacial score (nSPS) is 11.4. The largest absolute Gasteiger partial charge is 0.480 e. The highest BCUT2D eigenvalue weighted by Crippen LogP contribution is 2.21. The van der Waals surface area contributed by atoms with Crippen LogP contribution in [0.4, 0.5) is 4.39 Å². The number of carboxylic acid groups (broad SMARTS) is 1. The first-order valence-corrected chi connectivity index (χ1v) is 6.86. The summed E-state index contributed by atoms with van der Waals surface area (Å²) in [5.41, 5.74) is 0. The van der Waals surface area contributed by atoms with Gasteiger partial charge < -0.3 is 10.4 Å². The fraction of sp³-hybridized carbons (Fsp3) is 0.286. The van der Waals surface area contributed by atoms with Gasteiger partial charge in [0.2, 0.25) is 5.91 Å². The number of terminal acetylenes is 1. The maximum absolute atomic E-state index is 13.3. The Morgan fingerprint density at radius 2 is 2.15 bits per heavy atom. The number of benzene rings is 1. The lowest BCUT2D eigenvalue weighted by atomic mass is 10.2. The number of hydrogen-bond acceptors (Lipinski definition) is 3. The molecule has 0 aliphatic rings. The summed E-state index contributed by atoms with van der Waals surface area (Å²) in [5.74, 6) is 0.622. The Hall–Kier alpha value is -2.00. The van der Waals surface area contributed by atoms with Crippen LogP contribution in [0.25, 0.3) is 0 Å². The number of carboxylic acids is 1. The number of thioether (sulfide) groups is 1. The van der Waals surface area contributed by atoms with Crippen LogP contribution in [0.2, 0.25) is 0 Å². The Morgan fingerprint density at radius 1 is 1.45 bits per heavy atom. The van der Waals surface area contributed by atoms with Gasteiger partial charge in [0.25, 0.3) is 0 Å². The maximum Gasteiger partial charge on any atom is 0.327 e. The first-order valence-electron chi connectivity index (χ1n) is 5.87. The zero-order valence-corrected chi connectivity index (χ0v) is 11.5. The smallest absolute Gasteiger partial charge is 0.327 e. The molecule has 1 amide bonds. The monoisotopic (exact) mass is 295 g/mol. The Balaban J connectivity index is 2.39. The summed E-state index contributed by atoms with van der Waals surface area (Å²) in [5, 5.41) is 11.2. The molecule has 2 N–H and O–H groups in total. The van der Waals surface area contributed by atoms with Crippen molar-refractivity contribution in [3.63, 3.8) is 0 Å².